The van der Waals surface area contributed by atoms with Gasteiger partial charge in [-0.15, -0.1) is 0 Å². The molecular formula is C20H23FN2O2. The van der Waals surface area contributed by atoms with Crippen molar-refractivity contribution in [3.05, 3.63) is 59.9 Å². The maximum absolute atomic E-state index is 13.4. The minimum atomic E-state index is -0.412. The molecule has 0 saturated heterocycles. The number of aryl methyl sites for hydroxylation is 1. The van der Waals surface area contributed by atoms with Gasteiger partial charge in [-0.2, -0.15) is 0 Å². The van der Waals surface area contributed by atoms with Crippen LogP contribution in [0.4, 0.5) is 15.8 Å². The second-order valence-corrected chi connectivity index (χ2v) is 5.88. The van der Waals surface area contributed by atoms with Crippen LogP contribution in [0.2, 0.25) is 0 Å². The van der Waals surface area contributed by atoms with Crippen molar-refractivity contribution >= 4 is 23.2 Å². The third-order valence-corrected chi connectivity index (χ3v) is 3.98. The quantitative estimate of drug-likeness (QED) is 0.798. The van der Waals surface area contributed by atoms with Crippen LogP contribution in [0.15, 0.2) is 48.5 Å². The van der Waals surface area contributed by atoms with Gasteiger partial charge in [-0.05, 0) is 49.7 Å². The lowest BCUT2D eigenvalue weighted by Crippen LogP contribution is -2.36. The molecule has 5 heteroatoms. The lowest BCUT2D eigenvalue weighted by Gasteiger charge is -2.25. The van der Waals surface area contributed by atoms with Gasteiger partial charge in [0.05, 0.1) is 0 Å². The first-order chi connectivity index (χ1) is 11.9. The fourth-order valence-corrected chi connectivity index (χ4v) is 2.75. The summed E-state index contributed by atoms with van der Waals surface area (Å²) in [7, 11) is 0. The van der Waals surface area contributed by atoms with Gasteiger partial charge in [0.2, 0.25) is 11.8 Å². The summed E-state index contributed by atoms with van der Waals surface area (Å²) in [5.74, 6) is -0.710. The first kappa shape index (κ1) is 18.6. The molecule has 25 heavy (non-hydrogen) atoms. The van der Waals surface area contributed by atoms with Crippen molar-refractivity contribution in [2.45, 2.75) is 27.2 Å². The van der Waals surface area contributed by atoms with Gasteiger partial charge in [0.15, 0.2) is 0 Å². The maximum Gasteiger partial charge on any atom is 0.228 e. The summed E-state index contributed by atoms with van der Waals surface area (Å²) in [5.41, 5.74) is 2.38. The number of carbonyl (C=O) groups excluding carboxylic acids is 2. The van der Waals surface area contributed by atoms with Crippen LogP contribution < -0.4 is 9.80 Å². The summed E-state index contributed by atoms with van der Waals surface area (Å²) >= 11 is 0. The highest BCUT2D eigenvalue weighted by Gasteiger charge is 2.18. The standard InChI is InChI=1S/C20H23FN2O2/c1-4-22(18-9-5-7-15(2)13-18)20(25)11-12-23(16(3)24)19-10-6-8-17(21)14-19/h5-10,13-14H,4,11-12H2,1-3H3. The number of rotatable bonds is 6. The van der Waals surface area contributed by atoms with Crippen LogP contribution in [0.5, 0.6) is 0 Å². The van der Waals surface area contributed by atoms with Gasteiger partial charge in [0.1, 0.15) is 5.82 Å². The molecule has 0 radical (unpaired) electrons. The van der Waals surface area contributed by atoms with Crippen molar-refractivity contribution < 1.29 is 14.0 Å². The van der Waals surface area contributed by atoms with Gasteiger partial charge in [-0.25, -0.2) is 4.39 Å². The molecule has 0 fully saturated rings. The lowest BCUT2D eigenvalue weighted by molar-refractivity contribution is -0.118. The monoisotopic (exact) mass is 342 g/mol. The Morgan fingerprint density at radius 1 is 1.00 bits per heavy atom. The van der Waals surface area contributed by atoms with Crippen LogP contribution in [-0.2, 0) is 9.59 Å². The summed E-state index contributed by atoms with van der Waals surface area (Å²) in [6.45, 7) is 6.05. The van der Waals surface area contributed by atoms with Crippen LogP contribution in [0, 0.1) is 12.7 Å². The molecule has 0 aromatic heterocycles. The Balaban J connectivity index is 2.11. The van der Waals surface area contributed by atoms with Gasteiger partial charge in [0.25, 0.3) is 0 Å². The van der Waals surface area contributed by atoms with E-state index < -0.39 is 5.82 Å². The molecule has 0 aliphatic rings. The Bertz CT molecular complexity index is 761. The molecule has 132 valence electrons. The first-order valence-corrected chi connectivity index (χ1v) is 8.33. The van der Waals surface area contributed by atoms with E-state index in [1.807, 2.05) is 38.1 Å². The van der Waals surface area contributed by atoms with E-state index >= 15 is 0 Å². The number of benzene rings is 2. The smallest absolute Gasteiger partial charge is 0.228 e. The largest absolute Gasteiger partial charge is 0.313 e. The van der Waals surface area contributed by atoms with Crippen LogP contribution >= 0.6 is 0 Å². The highest BCUT2D eigenvalue weighted by Crippen LogP contribution is 2.19. The van der Waals surface area contributed by atoms with Gasteiger partial charge >= 0.3 is 0 Å². The molecule has 0 saturated carbocycles. The molecule has 0 N–H and O–H groups in total. The minimum Gasteiger partial charge on any atom is -0.313 e. The SMILES string of the molecule is CCN(C(=O)CCN(C(C)=O)c1cccc(F)c1)c1cccc(C)c1. The normalized spacial score (nSPS) is 10.4. The number of anilines is 2. The number of hydrogen-bond acceptors (Lipinski definition) is 2. The van der Waals surface area contributed by atoms with Crippen LogP contribution in [-0.4, -0.2) is 24.9 Å². The molecule has 0 spiro atoms. The molecular weight excluding hydrogens is 319 g/mol. The van der Waals surface area contributed by atoms with Crippen molar-refractivity contribution in [1.82, 2.24) is 0 Å². The fourth-order valence-electron chi connectivity index (χ4n) is 2.75. The van der Waals surface area contributed by atoms with E-state index in [4.69, 9.17) is 0 Å². The zero-order valence-electron chi connectivity index (χ0n) is 14.8. The number of amides is 2. The Morgan fingerprint density at radius 2 is 1.64 bits per heavy atom. The topological polar surface area (TPSA) is 40.6 Å². The van der Waals surface area contributed by atoms with E-state index in [-0.39, 0.29) is 24.8 Å². The van der Waals surface area contributed by atoms with E-state index in [0.717, 1.165) is 11.3 Å². The van der Waals surface area contributed by atoms with E-state index in [9.17, 15) is 14.0 Å². The number of nitrogens with zero attached hydrogens (tertiary/aromatic N) is 2. The van der Waals surface area contributed by atoms with Gasteiger partial charge in [-0.1, -0.05) is 18.2 Å². The first-order valence-electron chi connectivity index (χ1n) is 8.33. The number of carbonyl (C=O) groups is 2. The molecule has 0 heterocycles. The predicted molar refractivity (Wildman–Crippen MR) is 98.3 cm³/mol. The van der Waals surface area contributed by atoms with Crippen LogP contribution in [0.1, 0.15) is 25.8 Å². The Kier molecular flexibility index (Phi) is 6.28. The Morgan fingerprint density at radius 3 is 2.20 bits per heavy atom. The molecule has 2 aromatic rings. The van der Waals surface area contributed by atoms with Crippen molar-refractivity contribution in [2.24, 2.45) is 0 Å². The summed E-state index contributed by atoms with van der Waals surface area (Å²) in [6.07, 6.45) is 0.165. The highest BCUT2D eigenvalue weighted by molar-refractivity contribution is 5.96. The van der Waals surface area contributed by atoms with E-state index in [2.05, 4.69) is 0 Å². The van der Waals surface area contributed by atoms with Crippen LogP contribution in [0.25, 0.3) is 0 Å². The second kappa shape index (κ2) is 8.42. The van der Waals surface area contributed by atoms with Crippen LogP contribution in [0.3, 0.4) is 0 Å². The lowest BCUT2D eigenvalue weighted by atomic mass is 10.2. The van der Waals surface area contributed by atoms with Crippen molar-refractivity contribution in [1.29, 1.82) is 0 Å². The van der Waals surface area contributed by atoms with Gasteiger partial charge < -0.3 is 9.80 Å². The number of hydrogen-bond donors (Lipinski definition) is 0. The van der Waals surface area contributed by atoms with Crippen molar-refractivity contribution in [3.8, 4) is 0 Å². The molecule has 4 nitrogen and oxygen atoms in total. The van der Waals surface area contributed by atoms with E-state index in [1.54, 1.807) is 17.0 Å². The van der Waals surface area contributed by atoms with Gasteiger partial charge in [-0.3, -0.25) is 9.59 Å². The molecule has 2 rings (SSSR count). The fraction of sp³-hybridized carbons (Fsp3) is 0.300. The zero-order valence-corrected chi connectivity index (χ0v) is 14.8. The van der Waals surface area contributed by atoms with Crippen molar-refractivity contribution in [3.63, 3.8) is 0 Å². The zero-order chi connectivity index (χ0) is 18.4. The molecule has 2 aromatic carbocycles. The molecule has 0 bridgehead atoms. The predicted octanol–water partition coefficient (Wildman–Crippen LogP) is 3.93. The molecule has 2 amide bonds. The molecule has 0 unspecified atom stereocenters. The summed E-state index contributed by atoms with van der Waals surface area (Å²) in [6, 6.07) is 13.6. The average molecular weight is 342 g/mol. The van der Waals surface area contributed by atoms with Crippen molar-refractivity contribution in [2.75, 3.05) is 22.9 Å². The molecule has 0 atom stereocenters. The van der Waals surface area contributed by atoms with E-state index in [1.165, 1.54) is 24.0 Å². The summed E-state index contributed by atoms with van der Waals surface area (Å²) < 4.78 is 13.4. The second-order valence-electron chi connectivity index (χ2n) is 5.88. The number of halogens is 1. The molecule has 0 aliphatic carbocycles. The molecule has 0 aliphatic heterocycles. The minimum absolute atomic E-state index is 0.0734. The van der Waals surface area contributed by atoms with E-state index in [0.29, 0.717) is 12.2 Å². The summed E-state index contributed by atoms with van der Waals surface area (Å²) in [4.78, 5) is 27.6. The highest BCUT2D eigenvalue weighted by atomic mass is 19.1. The Hall–Kier alpha value is -2.69. The average Bonchev–Trinajstić information content (AvgIpc) is 2.55. The summed E-state index contributed by atoms with van der Waals surface area (Å²) in [5, 5.41) is 0. The Labute approximate surface area is 147 Å². The third kappa shape index (κ3) is 4.89. The maximum atomic E-state index is 13.4. The van der Waals surface area contributed by atoms with Gasteiger partial charge in [0, 0.05) is 37.8 Å². The third-order valence-electron chi connectivity index (χ3n) is 3.98.